The van der Waals surface area contributed by atoms with Crippen molar-refractivity contribution < 1.29 is 19.1 Å². The molecule has 4 atom stereocenters. The zero-order chi connectivity index (χ0) is 20.8. The number of hydrogen-bond donors (Lipinski definition) is 1. The lowest BCUT2D eigenvalue weighted by Gasteiger charge is -2.30. The van der Waals surface area contributed by atoms with Crippen LogP contribution in [0.15, 0.2) is 18.2 Å². The molecule has 3 heterocycles. The van der Waals surface area contributed by atoms with E-state index >= 15 is 0 Å². The van der Waals surface area contributed by atoms with E-state index in [9.17, 15) is 14.4 Å². The predicted octanol–water partition coefficient (Wildman–Crippen LogP) is 2.09. The van der Waals surface area contributed by atoms with Gasteiger partial charge in [-0.05, 0) is 68.3 Å². The summed E-state index contributed by atoms with van der Waals surface area (Å²) in [6.07, 6.45) is 5.54. The highest BCUT2D eigenvalue weighted by Crippen LogP contribution is 2.34. The number of benzene rings is 1. The zero-order valence-corrected chi connectivity index (χ0v) is 17.4. The van der Waals surface area contributed by atoms with E-state index in [2.05, 4.69) is 17.1 Å². The summed E-state index contributed by atoms with van der Waals surface area (Å²) in [5, 5.41) is 2.35. The normalized spacial score (nSPS) is 31.9. The molecule has 3 fully saturated rings. The maximum atomic E-state index is 12.8. The minimum Gasteiger partial charge on any atom is -0.489 e. The van der Waals surface area contributed by atoms with E-state index < -0.39 is 6.04 Å². The monoisotopic (exact) mass is 411 g/mol. The van der Waals surface area contributed by atoms with Gasteiger partial charge in [0.1, 0.15) is 17.9 Å². The fourth-order valence-corrected chi connectivity index (χ4v) is 5.53. The summed E-state index contributed by atoms with van der Waals surface area (Å²) in [4.78, 5) is 40.7. The first kappa shape index (κ1) is 19.5. The molecule has 5 rings (SSSR count). The van der Waals surface area contributed by atoms with Crippen molar-refractivity contribution in [2.75, 3.05) is 13.1 Å². The lowest BCUT2D eigenvalue weighted by atomic mass is 10.0. The summed E-state index contributed by atoms with van der Waals surface area (Å²) in [5.74, 6) is 0.773. The van der Waals surface area contributed by atoms with Gasteiger partial charge in [-0.1, -0.05) is 6.92 Å². The van der Waals surface area contributed by atoms with Gasteiger partial charge >= 0.3 is 0 Å². The van der Waals surface area contributed by atoms with E-state index in [1.54, 1.807) is 4.90 Å². The second-order valence-electron chi connectivity index (χ2n) is 9.26. The van der Waals surface area contributed by atoms with E-state index in [0.717, 1.165) is 36.7 Å². The third kappa shape index (κ3) is 3.49. The second kappa shape index (κ2) is 7.69. The molecule has 7 nitrogen and oxygen atoms in total. The van der Waals surface area contributed by atoms with Crippen LogP contribution in [0.1, 0.15) is 61.4 Å². The molecule has 1 aliphatic carbocycles. The molecule has 30 heavy (non-hydrogen) atoms. The molecule has 0 aromatic heterocycles. The molecule has 3 unspecified atom stereocenters. The second-order valence-corrected chi connectivity index (χ2v) is 9.26. The summed E-state index contributed by atoms with van der Waals surface area (Å²) in [7, 11) is 0. The number of ether oxygens (including phenoxy) is 1. The fourth-order valence-electron chi connectivity index (χ4n) is 5.53. The van der Waals surface area contributed by atoms with Crippen LogP contribution in [0.25, 0.3) is 0 Å². The van der Waals surface area contributed by atoms with Crippen LogP contribution in [-0.2, 0) is 16.1 Å². The third-order valence-corrected chi connectivity index (χ3v) is 7.12. The number of nitrogens with one attached hydrogen (secondary N) is 1. The summed E-state index contributed by atoms with van der Waals surface area (Å²) < 4.78 is 6.42. The van der Waals surface area contributed by atoms with Gasteiger partial charge in [-0.3, -0.25) is 24.6 Å². The summed E-state index contributed by atoms with van der Waals surface area (Å²) >= 11 is 0. The van der Waals surface area contributed by atoms with Gasteiger partial charge in [0.05, 0.1) is 0 Å². The predicted molar refractivity (Wildman–Crippen MR) is 110 cm³/mol. The quantitative estimate of drug-likeness (QED) is 0.768. The van der Waals surface area contributed by atoms with Crippen LogP contribution in [0.5, 0.6) is 5.75 Å². The summed E-state index contributed by atoms with van der Waals surface area (Å²) in [6.45, 7) is 5.02. The number of amides is 3. The fraction of sp³-hybridized carbons (Fsp3) is 0.609. The lowest BCUT2D eigenvalue weighted by Crippen LogP contribution is -2.52. The number of rotatable bonds is 4. The minimum atomic E-state index is -0.580. The van der Waals surface area contributed by atoms with Crippen molar-refractivity contribution in [2.24, 2.45) is 5.92 Å². The van der Waals surface area contributed by atoms with Crippen molar-refractivity contribution in [1.29, 1.82) is 0 Å². The van der Waals surface area contributed by atoms with E-state index in [0.29, 0.717) is 24.6 Å². The Kier molecular flexibility index (Phi) is 5.01. The molecule has 1 saturated carbocycles. The number of nitrogens with zero attached hydrogens (tertiary/aromatic N) is 2. The Labute approximate surface area is 176 Å². The Balaban J connectivity index is 1.29. The minimum absolute atomic E-state index is 0.143. The Bertz CT molecular complexity index is 885. The first-order valence-electron chi connectivity index (χ1n) is 11.2. The molecule has 0 bridgehead atoms. The highest BCUT2D eigenvalue weighted by molar-refractivity contribution is 6.05. The van der Waals surface area contributed by atoms with Crippen molar-refractivity contribution in [2.45, 2.75) is 70.2 Å². The van der Waals surface area contributed by atoms with Crippen LogP contribution in [0.3, 0.4) is 0 Å². The van der Waals surface area contributed by atoms with Gasteiger partial charge in [0, 0.05) is 31.1 Å². The van der Waals surface area contributed by atoms with Crippen LogP contribution in [-0.4, -0.2) is 58.8 Å². The number of imide groups is 1. The van der Waals surface area contributed by atoms with Crippen molar-refractivity contribution in [3.63, 3.8) is 0 Å². The van der Waals surface area contributed by atoms with E-state index in [1.807, 2.05) is 18.2 Å². The van der Waals surface area contributed by atoms with Crippen LogP contribution < -0.4 is 10.1 Å². The molecule has 3 amide bonds. The van der Waals surface area contributed by atoms with Gasteiger partial charge in [-0.25, -0.2) is 0 Å². The summed E-state index contributed by atoms with van der Waals surface area (Å²) in [6, 6.07) is 5.56. The van der Waals surface area contributed by atoms with Crippen LogP contribution in [0, 0.1) is 5.92 Å². The maximum Gasteiger partial charge on any atom is 0.255 e. The van der Waals surface area contributed by atoms with Gasteiger partial charge in [-0.2, -0.15) is 0 Å². The first-order valence-corrected chi connectivity index (χ1v) is 11.2. The molecule has 4 aliphatic rings. The number of likely N-dealkylation sites (tertiary alicyclic amines) is 1. The average molecular weight is 412 g/mol. The van der Waals surface area contributed by atoms with Gasteiger partial charge in [0.25, 0.3) is 5.91 Å². The zero-order valence-electron chi connectivity index (χ0n) is 17.4. The number of piperidine rings is 1. The Morgan fingerprint density at radius 3 is 2.73 bits per heavy atom. The average Bonchev–Trinajstić information content (AvgIpc) is 3.41. The van der Waals surface area contributed by atoms with E-state index in [-0.39, 0.29) is 30.2 Å². The van der Waals surface area contributed by atoms with Crippen LogP contribution in [0.4, 0.5) is 0 Å². The Morgan fingerprint density at radius 1 is 1.10 bits per heavy atom. The smallest absolute Gasteiger partial charge is 0.255 e. The van der Waals surface area contributed by atoms with Crippen LogP contribution in [0.2, 0.25) is 0 Å². The number of fused-ring (bicyclic) bond motifs is 1. The molecule has 1 aromatic rings. The molecule has 0 spiro atoms. The van der Waals surface area contributed by atoms with Crippen molar-refractivity contribution in [3.05, 3.63) is 29.3 Å². The maximum absolute atomic E-state index is 12.8. The molecule has 1 aromatic carbocycles. The molecule has 0 radical (unpaired) electrons. The molecule has 3 aliphatic heterocycles. The molecule has 7 heteroatoms. The first-order chi connectivity index (χ1) is 14.5. The topological polar surface area (TPSA) is 79.0 Å². The molecular formula is C23H29N3O4. The molecule has 160 valence electrons. The lowest BCUT2D eigenvalue weighted by molar-refractivity contribution is -0.136. The number of carbonyl (C=O) groups is 3. The standard InChI is InChI=1S/C23H29N3O4/c1-14-9-10-25(12-14)18-3-2-4-20(18)30-16-5-6-17-15(11-16)13-26(23(17)29)19-7-8-21(27)24-22(19)28/h5-6,11,14,18-20H,2-4,7-10,12-13H2,1H3,(H,24,27,28)/t14-,18?,19?,20?/m1/s1. The summed E-state index contributed by atoms with van der Waals surface area (Å²) in [5.41, 5.74) is 1.52. The van der Waals surface area contributed by atoms with Gasteiger partial charge in [-0.15, -0.1) is 0 Å². The van der Waals surface area contributed by atoms with Gasteiger partial charge in [0.15, 0.2) is 0 Å². The largest absolute Gasteiger partial charge is 0.489 e. The highest BCUT2D eigenvalue weighted by atomic mass is 16.5. The Hall–Kier alpha value is -2.41. The van der Waals surface area contributed by atoms with Gasteiger partial charge < -0.3 is 9.64 Å². The van der Waals surface area contributed by atoms with Crippen molar-refractivity contribution in [3.8, 4) is 5.75 Å². The van der Waals surface area contributed by atoms with E-state index in [1.165, 1.54) is 19.3 Å². The van der Waals surface area contributed by atoms with Crippen molar-refractivity contribution >= 4 is 17.7 Å². The van der Waals surface area contributed by atoms with E-state index in [4.69, 9.17) is 4.74 Å². The highest BCUT2D eigenvalue weighted by Gasteiger charge is 2.40. The molecule has 1 N–H and O–H groups in total. The SMILES string of the molecule is C[C@@H]1CCN(C2CCCC2Oc2ccc3c(c2)CN(C2CCC(=O)NC2=O)C3=O)C1. The number of carbonyl (C=O) groups excluding carboxylic acids is 3. The molecule has 2 saturated heterocycles. The third-order valence-electron chi connectivity index (χ3n) is 7.12. The number of hydrogen-bond acceptors (Lipinski definition) is 5. The van der Waals surface area contributed by atoms with Crippen molar-refractivity contribution in [1.82, 2.24) is 15.1 Å². The Morgan fingerprint density at radius 2 is 1.97 bits per heavy atom. The van der Waals surface area contributed by atoms with Crippen LogP contribution >= 0.6 is 0 Å². The van der Waals surface area contributed by atoms with Gasteiger partial charge in [0.2, 0.25) is 11.8 Å². The molecular weight excluding hydrogens is 382 g/mol.